The van der Waals surface area contributed by atoms with E-state index in [2.05, 4.69) is 0 Å². The van der Waals surface area contributed by atoms with E-state index in [9.17, 15) is 9.59 Å². The molecule has 1 heterocycles. The Morgan fingerprint density at radius 2 is 2.19 bits per heavy atom. The standard InChI is InChI=1S/C15H18N2O3S/c1-17(8-4-7-16)14(18)10-20-15(19)13-9-11-5-2-3-6-12(11)21-13/h9H,2-6,8,10H2,1H3. The van der Waals surface area contributed by atoms with Crippen LogP contribution in [0.2, 0.25) is 0 Å². The van der Waals surface area contributed by atoms with Gasteiger partial charge in [0.15, 0.2) is 6.61 Å². The summed E-state index contributed by atoms with van der Waals surface area (Å²) >= 11 is 1.47. The van der Waals surface area contributed by atoms with Gasteiger partial charge in [-0.3, -0.25) is 4.79 Å². The number of hydrogen-bond acceptors (Lipinski definition) is 5. The first kappa shape index (κ1) is 15.5. The number of hydrogen-bond donors (Lipinski definition) is 0. The number of esters is 1. The minimum atomic E-state index is -0.434. The van der Waals surface area contributed by atoms with Gasteiger partial charge >= 0.3 is 5.97 Å². The van der Waals surface area contributed by atoms with Crippen LogP contribution in [-0.2, 0) is 22.4 Å². The number of carbonyl (C=O) groups is 2. The fourth-order valence-electron chi connectivity index (χ4n) is 2.24. The second-order valence-electron chi connectivity index (χ2n) is 5.07. The van der Waals surface area contributed by atoms with Gasteiger partial charge in [0.25, 0.3) is 5.91 Å². The zero-order valence-corrected chi connectivity index (χ0v) is 12.9. The minimum absolute atomic E-state index is 0.272. The van der Waals surface area contributed by atoms with Gasteiger partial charge in [-0.1, -0.05) is 0 Å². The van der Waals surface area contributed by atoms with Crippen LogP contribution in [0.1, 0.15) is 39.4 Å². The molecule has 0 saturated carbocycles. The number of rotatable bonds is 5. The van der Waals surface area contributed by atoms with Crippen LogP contribution < -0.4 is 0 Å². The molecule has 6 heteroatoms. The third kappa shape index (κ3) is 4.05. The van der Waals surface area contributed by atoms with Gasteiger partial charge in [-0.15, -0.1) is 11.3 Å². The molecule has 0 aliphatic heterocycles. The van der Waals surface area contributed by atoms with Gasteiger partial charge in [0.2, 0.25) is 0 Å². The third-order valence-corrected chi connectivity index (χ3v) is 4.73. The summed E-state index contributed by atoms with van der Waals surface area (Å²) in [5.41, 5.74) is 1.25. The van der Waals surface area contributed by atoms with Crippen molar-refractivity contribution >= 4 is 23.2 Å². The van der Waals surface area contributed by atoms with Crippen molar-refractivity contribution in [1.29, 1.82) is 5.26 Å². The lowest BCUT2D eigenvalue weighted by Crippen LogP contribution is -2.31. The van der Waals surface area contributed by atoms with Crippen molar-refractivity contribution in [1.82, 2.24) is 4.90 Å². The van der Waals surface area contributed by atoms with E-state index >= 15 is 0 Å². The molecular weight excluding hydrogens is 288 g/mol. The number of aryl methyl sites for hydroxylation is 2. The molecular formula is C15H18N2O3S. The highest BCUT2D eigenvalue weighted by atomic mass is 32.1. The predicted molar refractivity (Wildman–Crippen MR) is 79.1 cm³/mol. The number of carbonyl (C=O) groups excluding carboxylic acids is 2. The smallest absolute Gasteiger partial charge is 0.348 e. The van der Waals surface area contributed by atoms with Crippen LogP contribution in [0.5, 0.6) is 0 Å². The summed E-state index contributed by atoms with van der Waals surface area (Å²) in [6, 6.07) is 3.87. The lowest BCUT2D eigenvalue weighted by molar-refractivity contribution is -0.133. The Kier molecular flexibility index (Phi) is 5.34. The molecule has 0 bridgehead atoms. The molecule has 0 fully saturated rings. The van der Waals surface area contributed by atoms with E-state index in [1.54, 1.807) is 7.05 Å². The maximum Gasteiger partial charge on any atom is 0.348 e. The summed E-state index contributed by atoms with van der Waals surface area (Å²) in [7, 11) is 1.59. The summed E-state index contributed by atoms with van der Waals surface area (Å²) in [5.74, 6) is -0.726. The van der Waals surface area contributed by atoms with E-state index in [4.69, 9.17) is 10.00 Å². The summed E-state index contributed by atoms with van der Waals surface area (Å²) in [4.78, 5) is 26.9. The van der Waals surface area contributed by atoms with Gasteiger partial charge < -0.3 is 9.64 Å². The number of thiophene rings is 1. The second kappa shape index (κ2) is 7.23. The van der Waals surface area contributed by atoms with Crippen molar-refractivity contribution in [2.75, 3.05) is 20.2 Å². The Morgan fingerprint density at radius 3 is 2.90 bits per heavy atom. The molecule has 0 aromatic carbocycles. The molecule has 1 amide bonds. The number of fused-ring (bicyclic) bond motifs is 1. The zero-order chi connectivity index (χ0) is 15.2. The summed E-state index contributed by atoms with van der Waals surface area (Å²) in [5, 5.41) is 8.47. The SMILES string of the molecule is CN(CCC#N)C(=O)COC(=O)c1cc2c(s1)CCCC2. The van der Waals surface area contributed by atoms with E-state index in [0.717, 1.165) is 12.8 Å². The highest BCUT2D eigenvalue weighted by molar-refractivity contribution is 7.14. The molecule has 112 valence electrons. The fourth-order valence-corrected chi connectivity index (χ4v) is 3.39. The van der Waals surface area contributed by atoms with Gasteiger partial charge in [0.05, 0.1) is 12.5 Å². The number of amides is 1. The predicted octanol–water partition coefficient (Wildman–Crippen LogP) is 2.16. The van der Waals surface area contributed by atoms with E-state index in [1.807, 2.05) is 12.1 Å². The van der Waals surface area contributed by atoms with Crippen molar-refractivity contribution in [2.24, 2.45) is 0 Å². The molecule has 0 atom stereocenters. The minimum Gasteiger partial charge on any atom is -0.451 e. The van der Waals surface area contributed by atoms with Crippen molar-refractivity contribution in [3.8, 4) is 6.07 Å². The van der Waals surface area contributed by atoms with Crippen molar-refractivity contribution in [3.63, 3.8) is 0 Å². The average Bonchev–Trinajstić information content (AvgIpc) is 2.93. The topological polar surface area (TPSA) is 70.4 Å². The van der Waals surface area contributed by atoms with Crippen LogP contribution >= 0.6 is 11.3 Å². The van der Waals surface area contributed by atoms with Crippen LogP contribution in [0.15, 0.2) is 6.07 Å². The largest absolute Gasteiger partial charge is 0.451 e. The Balaban J connectivity index is 1.86. The number of likely N-dealkylation sites (N-methyl/N-ethyl adjacent to an activating group) is 1. The van der Waals surface area contributed by atoms with Gasteiger partial charge in [0.1, 0.15) is 4.88 Å². The Bertz CT molecular complexity index is 550. The number of nitrogens with zero attached hydrogens (tertiary/aromatic N) is 2. The van der Waals surface area contributed by atoms with Crippen LogP contribution in [0.3, 0.4) is 0 Å². The Morgan fingerprint density at radius 1 is 1.43 bits per heavy atom. The monoisotopic (exact) mass is 306 g/mol. The van der Waals surface area contributed by atoms with Crippen molar-refractivity contribution in [2.45, 2.75) is 32.1 Å². The molecule has 21 heavy (non-hydrogen) atoms. The quantitative estimate of drug-likeness (QED) is 0.782. The summed E-state index contributed by atoms with van der Waals surface area (Å²) in [6.07, 6.45) is 4.66. The fraction of sp³-hybridized carbons (Fsp3) is 0.533. The van der Waals surface area contributed by atoms with Gasteiger partial charge in [-0.2, -0.15) is 5.26 Å². The number of nitriles is 1. The highest BCUT2D eigenvalue weighted by Crippen LogP contribution is 2.29. The first-order chi connectivity index (χ1) is 10.1. The molecule has 0 radical (unpaired) electrons. The molecule has 5 nitrogen and oxygen atoms in total. The van der Waals surface area contributed by atoms with Gasteiger partial charge in [-0.05, 0) is 37.3 Å². The molecule has 2 rings (SSSR count). The lowest BCUT2D eigenvalue weighted by atomic mass is 9.99. The zero-order valence-electron chi connectivity index (χ0n) is 12.1. The maximum absolute atomic E-state index is 12.0. The van der Waals surface area contributed by atoms with Crippen LogP contribution in [-0.4, -0.2) is 37.0 Å². The first-order valence-electron chi connectivity index (χ1n) is 7.01. The molecule has 0 N–H and O–H groups in total. The Hall–Kier alpha value is -1.87. The molecule has 1 aromatic rings. The van der Waals surface area contributed by atoms with E-state index in [1.165, 1.54) is 39.5 Å². The van der Waals surface area contributed by atoms with Gasteiger partial charge in [0, 0.05) is 18.5 Å². The molecule has 1 aliphatic rings. The molecule has 1 aromatic heterocycles. The molecule has 0 unspecified atom stereocenters. The van der Waals surface area contributed by atoms with Crippen molar-refractivity contribution in [3.05, 3.63) is 21.4 Å². The lowest BCUT2D eigenvalue weighted by Gasteiger charge is -2.14. The number of ether oxygens (including phenoxy) is 1. The maximum atomic E-state index is 12.0. The molecule has 0 saturated heterocycles. The molecule has 0 spiro atoms. The van der Waals surface area contributed by atoms with Crippen molar-refractivity contribution < 1.29 is 14.3 Å². The Labute approximate surface area is 128 Å². The average molecular weight is 306 g/mol. The summed E-state index contributed by atoms with van der Waals surface area (Å²) < 4.78 is 5.07. The second-order valence-corrected chi connectivity index (χ2v) is 6.20. The normalized spacial score (nSPS) is 13.1. The van der Waals surface area contributed by atoms with Crippen LogP contribution in [0.4, 0.5) is 0 Å². The van der Waals surface area contributed by atoms with Crippen LogP contribution in [0.25, 0.3) is 0 Å². The van der Waals surface area contributed by atoms with E-state index in [-0.39, 0.29) is 18.9 Å². The van der Waals surface area contributed by atoms with E-state index in [0.29, 0.717) is 11.4 Å². The highest BCUT2D eigenvalue weighted by Gasteiger charge is 2.19. The van der Waals surface area contributed by atoms with E-state index < -0.39 is 5.97 Å². The summed E-state index contributed by atoms with van der Waals surface area (Å²) in [6.45, 7) is 0.0729. The first-order valence-corrected chi connectivity index (χ1v) is 7.83. The van der Waals surface area contributed by atoms with Crippen LogP contribution in [0, 0.1) is 11.3 Å². The van der Waals surface area contributed by atoms with Gasteiger partial charge in [-0.25, -0.2) is 4.79 Å². The molecule has 1 aliphatic carbocycles. The third-order valence-electron chi connectivity index (χ3n) is 3.51.